The molecule has 0 bridgehead atoms. The lowest BCUT2D eigenvalue weighted by atomic mass is 9.86. The molecule has 0 aromatic rings. The van der Waals surface area contributed by atoms with Gasteiger partial charge in [0, 0.05) is 13.0 Å². The van der Waals surface area contributed by atoms with E-state index in [1.165, 1.54) is 179 Å². The van der Waals surface area contributed by atoms with Crippen molar-refractivity contribution in [1.82, 2.24) is 4.90 Å². The Hall–Kier alpha value is -0.830. The van der Waals surface area contributed by atoms with E-state index in [9.17, 15) is 4.79 Å². The van der Waals surface area contributed by atoms with Gasteiger partial charge in [0.15, 0.2) is 0 Å². The van der Waals surface area contributed by atoms with Gasteiger partial charge in [-0.15, -0.1) is 0 Å². The number of nitrogens with zero attached hydrogens (tertiary/aromatic N) is 1. The van der Waals surface area contributed by atoms with Gasteiger partial charge in [0.2, 0.25) is 0 Å². The number of unbranched alkanes of at least 4 members (excludes halogenated alkanes) is 15. The third kappa shape index (κ3) is 23.5. The number of ether oxygens (including phenoxy) is 1. The first-order valence-corrected chi connectivity index (χ1v) is 20.0. The van der Waals surface area contributed by atoms with Crippen LogP contribution in [0, 0.1) is 17.8 Å². The molecule has 0 aromatic carbocycles. The molecule has 3 heteroatoms. The van der Waals surface area contributed by atoms with Crippen LogP contribution < -0.4 is 0 Å². The smallest absolute Gasteiger partial charge is 0.305 e. The number of hydrogen-bond donors (Lipinski definition) is 0. The van der Waals surface area contributed by atoms with Gasteiger partial charge < -0.3 is 9.64 Å². The molecule has 3 nitrogen and oxygen atoms in total. The molecule has 1 rings (SSSR count). The maximum Gasteiger partial charge on any atom is 0.305 e. The van der Waals surface area contributed by atoms with Crippen molar-refractivity contribution in [2.24, 2.45) is 17.8 Å². The van der Waals surface area contributed by atoms with Crippen LogP contribution in [0.3, 0.4) is 0 Å². The Balaban J connectivity index is 2.18. The SMILES string of the molecule is C=C(CCC(CCCCCCCCC)CCCCCCCCC(=O)OCCC(CCCCC)CCCCC)C1CCN(C)C1. The van der Waals surface area contributed by atoms with Gasteiger partial charge in [-0.05, 0) is 63.5 Å². The molecule has 0 N–H and O–H groups in total. The minimum atomic E-state index is 0.0323. The van der Waals surface area contributed by atoms with Crippen molar-refractivity contribution in [3.63, 3.8) is 0 Å². The number of esters is 1. The van der Waals surface area contributed by atoms with Crippen molar-refractivity contribution < 1.29 is 9.53 Å². The summed E-state index contributed by atoms with van der Waals surface area (Å²) in [6, 6.07) is 0. The Morgan fingerprint density at radius 1 is 0.636 bits per heavy atom. The zero-order valence-electron chi connectivity index (χ0n) is 30.6. The van der Waals surface area contributed by atoms with Crippen LogP contribution in [-0.4, -0.2) is 37.6 Å². The van der Waals surface area contributed by atoms with Crippen LogP contribution in [0.25, 0.3) is 0 Å². The predicted molar refractivity (Wildman–Crippen MR) is 194 cm³/mol. The molecule has 0 radical (unpaired) electrons. The lowest BCUT2D eigenvalue weighted by molar-refractivity contribution is -0.144. The fourth-order valence-electron chi connectivity index (χ4n) is 7.31. The molecular weight excluding hydrogens is 538 g/mol. The molecule has 2 unspecified atom stereocenters. The highest BCUT2D eigenvalue weighted by molar-refractivity contribution is 5.69. The highest BCUT2D eigenvalue weighted by Crippen LogP contribution is 2.30. The Morgan fingerprint density at radius 3 is 1.61 bits per heavy atom. The summed E-state index contributed by atoms with van der Waals surface area (Å²) in [6.45, 7) is 14.5. The Bertz CT molecular complexity index is 651. The van der Waals surface area contributed by atoms with Crippen LogP contribution in [0.15, 0.2) is 12.2 Å². The summed E-state index contributed by atoms with van der Waals surface area (Å²) in [7, 11) is 2.25. The molecule has 0 amide bonds. The van der Waals surface area contributed by atoms with Crippen LogP contribution in [0.1, 0.15) is 201 Å². The van der Waals surface area contributed by atoms with Crippen molar-refractivity contribution in [3.8, 4) is 0 Å². The molecule has 1 saturated heterocycles. The third-order valence-electron chi connectivity index (χ3n) is 10.5. The summed E-state index contributed by atoms with van der Waals surface area (Å²) in [5, 5.41) is 0. The molecule has 0 aliphatic carbocycles. The first kappa shape index (κ1) is 41.2. The van der Waals surface area contributed by atoms with E-state index >= 15 is 0 Å². The monoisotopic (exact) mass is 618 g/mol. The predicted octanol–water partition coefficient (Wildman–Crippen LogP) is 12.9. The molecule has 0 spiro atoms. The summed E-state index contributed by atoms with van der Waals surface area (Å²) in [6.07, 6.45) is 36.3. The lowest BCUT2D eigenvalue weighted by Crippen LogP contribution is -2.15. The van der Waals surface area contributed by atoms with Gasteiger partial charge in [-0.3, -0.25) is 4.79 Å². The van der Waals surface area contributed by atoms with Crippen molar-refractivity contribution >= 4 is 5.97 Å². The largest absolute Gasteiger partial charge is 0.466 e. The van der Waals surface area contributed by atoms with Gasteiger partial charge in [-0.1, -0.05) is 174 Å². The average Bonchev–Trinajstić information content (AvgIpc) is 3.46. The average molecular weight is 618 g/mol. The summed E-state index contributed by atoms with van der Waals surface area (Å²) >= 11 is 0. The third-order valence-corrected chi connectivity index (χ3v) is 10.5. The highest BCUT2D eigenvalue weighted by Gasteiger charge is 2.22. The minimum absolute atomic E-state index is 0.0323. The van der Waals surface area contributed by atoms with Crippen molar-refractivity contribution in [3.05, 3.63) is 12.2 Å². The Kier molecular flexibility index (Phi) is 27.7. The van der Waals surface area contributed by atoms with Gasteiger partial charge in [0.05, 0.1) is 6.61 Å². The second kappa shape index (κ2) is 29.6. The number of hydrogen-bond acceptors (Lipinski definition) is 3. The second-order valence-electron chi connectivity index (χ2n) is 14.7. The molecule has 44 heavy (non-hydrogen) atoms. The fraction of sp³-hybridized carbons (Fsp3) is 0.927. The van der Waals surface area contributed by atoms with Gasteiger partial charge in [0.25, 0.3) is 0 Å². The molecule has 1 fully saturated rings. The highest BCUT2D eigenvalue weighted by atomic mass is 16.5. The van der Waals surface area contributed by atoms with E-state index < -0.39 is 0 Å². The molecule has 260 valence electrons. The molecule has 1 aliphatic rings. The van der Waals surface area contributed by atoms with Crippen molar-refractivity contribution in [2.75, 3.05) is 26.7 Å². The Labute approximate surface area is 277 Å². The van der Waals surface area contributed by atoms with Crippen LogP contribution in [0.2, 0.25) is 0 Å². The van der Waals surface area contributed by atoms with Crippen LogP contribution in [0.4, 0.5) is 0 Å². The molecule has 2 atom stereocenters. The van der Waals surface area contributed by atoms with E-state index in [2.05, 4.69) is 39.3 Å². The maximum absolute atomic E-state index is 12.3. The quantitative estimate of drug-likeness (QED) is 0.0427. The van der Waals surface area contributed by atoms with Gasteiger partial charge >= 0.3 is 5.97 Å². The summed E-state index contributed by atoms with van der Waals surface area (Å²) in [4.78, 5) is 14.8. The molecule has 0 saturated carbocycles. The number of likely N-dealkylation sites (tertiary alicyclic amines) is 1. The van der Waals surface area contributed by atoms with E-state index in [1.807, 2.05) is 0 Å². The lowest BCUT2D eigenvalue weighted by Gasteiger charge is -2.20. The van der Waals surface area contributed by atoms with E-state index in [0.717, 1.165) is 30.6 Å². The van der Waals surface area contributed by atoms with Crippen LogP contribution in [-0.2, 0) is 9.53 Å². The van der Waals surface area contributed by atoms with Crippen molar-refractivity contribution in [1.29, 1.82) is 0 Å². The minimum Gasteiger partial charge on any atom is -0.466 e. The summed E-state index contributed by atoms with van der Waals surface area (Å²) in [5.41, 5.74) is 1.52. The molecule has 1 aliphatic heterocycles. The van der Waals surface area contributed by atoms with E-state index in [0.29, 0.717) is 13.0 Å². The Morgan fingerprint density at radius 2 is 1.09 bits per heavy atom. The molecular formula is C41H79NO2. The van der Waals surface area contributed by atoms with Gasteiger partial charge in [-0.25, -0.2) is 0 Å². The van der Waals surface area contributed by atoms with Crippen LogP contribution >= 0.6 is 0 Å². The molecule has 1 heterocycles. The van der Waals surface area contributed by atoms with Crippen molar-refractivity contribution in [2.45, 2.75) is 201 Å². The zero-order chi connectivity index (χ0) is 32.1. The van der Waals surface area contributed by atoms with Gasteiger partial charge in [-0.2, -0.15) is 0 Å². The zero-order valence-corrected chi connectivity index (χ0v) is 30.6. The standard InChI is InChI=1S/C41H79NO2/c1-6-9-12-13-14-17-22-27-38(31-30-37(4)40-32-34-42(5)36-40)28-23-18-15-16-19-24-29-41(43)44-35-33-39(25-20-10-7-2)26-21-11-8-3/h38-40H,4,6-36H2,1-3,5H3. The first-order valence-electron chi connectivity index (χ1n) is 20.0. The van der Waals surface area contributed by atoms with Crippen LogP contribution in [0.5, 0.6) is 0 Å². The topological polar surface area (TPSA) is 29.5 Å². The fourth-order valence-corrected chi connectivity index (χ4v) is 7.31. The summed E-state index contributed by atoms with van der Waals surface area (Å²) in [5.74, 6) is 2.39. The maximum atomic E-state index is 12.3. The van der Waals surface area contributed by atoms with Gasteiger partial charge in [0.1, 0.15) is 0 Å². The molecule has 0 aromatic heterocycles. The van der Waals surface area contributed by atoms with E-state index in [-0.39, 0.29) is 5.97 Å². The number of rotatable bonds is 32. The number of carbonyl (C=O) groups excluding carboxylic acids is 1. The summed E-state index contributed by atoms with van der Waals surface area (Å²) < 4.78 is 5.65. The first-order chi connectivity index (χ1) is 21.5. The normalized spacial score (nSPS) is 16.2. The number of carbonyl (C=O) groups is 1. The van der Waals surface area contributed by atoms with E-state index in [1.54, 1.807) is 0 Å². The van der Waals surface area contributed by atoms with E-state index in [4.69, 9.17) is 4.74 Å². The second-order valence-corrected chi connectivity index (χ2v) is 14.7.